The van der Waals surface area contributed by atoms with Crippen molar-refractivity contribution in [3.63, 3.8) is 0 Å². The molecule has 0 atom stereocenters. The number of alkyl halides is 3. The number of ether oxygens (including phenoxy) is 1. The lowest BCUT2D eigenvalue weighted by molar-refractivity contribution is -0.274. The molecule has 1 amide bonds. The number of rotatable bonds is 4. The molecule has 118 valence electrons. The number of carbonyl (C=O) groups excluding carboxylic acids is 1. The van der Waals surface area contributed by atoms with Crippen LogP contribution in [0.4, 0.5) is 13.2 Å². The summed E-state index contributed by atoms with van der Waals surface area (Å²) in [4.78, 5) is 13.4. The summed E-state index contributed by atoms with van der Waals surface area (Å²) in [6.45, 7) is 0.296. The third kappa shape index (κ3) is 4.78. The average molecular weight is 325 g/mol. The van der Waals surface area contributed by atoms with Crippen molar-refractivity contribution in [2.24, 2.45) is 5.73 Å². The molecule has 0 saturated heterocycles. The molecule has 1 saturated carbocycles. The van der Waals surface area contributed by atoms with Gasteiger partial charge in [0, 0.05) is 13.6 Å². The number of hydrogen-bond acceptors (Lipinski definition) is 3. The van der Waals surface area contributed by atoms with E-state index in [1.165, 1.54) is 29.2 Å². The lowest BCUT2D eigenvalue weighted by Crippen LogP contribution is -2.43. The molecule has 2 N–H and O–H groups in total. The van der Waals surface area contributed by atoms with Gasteiger partial charge in [0.05, 0.1) is 5.54 Å². The summed E-state index contributed by atoms with van der Waals surface area (Å²) in [5.74, 6) is -0.430. The van der Waals surface area contributed by atoms with Gasteiger partial charge in [-0.2, -0.15) is 0 Å². The van der Waals surface area contributed by atoms with Crippen LogP contribution in [0.15, 0.2) is 24.3 Å². The summed E-state index contributed by atoms with van der Waals surface area (Å²) in [7, 11) is 1.62. The smallest absolute Gasteiger partial charge is 0.406 e. The second-order valence-electron chi connectivity index (χ2n) is 5.01. The molecule has 0 unspecified atom stereocenters. The Bertz CT molecular complexity index is 501. The predicted octanol–water partition coefficient (Wildman–Crippen LogP) is 2.46. The molecule has 1 aromatic rings. The Kier molecular flexibility index (Phi) is 5.11. The highest BCUT2D eigenvalue weighted by molar-refractivity contribution is 5.88. The second kappa shape index (κ2) is 6.11. The van der Waals surface area contributed by atoms with Crippen LogP contribution < -0.4 is 10.5 Å². The van der Waals surface area contributed by atoms with Crippen LogP contribution in [0.5, 0.6) is 5.75 Å². The predicted molar refractivity (Wildman–Crippen MR) is 73.0 cm³/mol. The van der Waals surface area contributed by atoms with Gasteiger partial charge in [0.2, 0.25) is 5.91 Å². The number of likely N-dealkylation sites (N-methyl/N-ethyl adjacent to an activating group) is 1. The van der Waals surface area contributed by atoms with Gasteiger partial charge in [0.15, 0.2) is 0 Å². The molecular weight excluding hydrogens is 309 g/mol. The normalized spacial score (nSPS) is 15.9. The summed E-state index contributed by atoms with van der Waals surface area (Å²) < 4.78 is 39.8. The Labute approximate surface area is 126 Å². The quantitative estimate of drug-likeness (QED) is 0.925. The zero-order chi connectivity index (χ0) is 15.0. The van der Waals surface area contributed by atoms with E-state index in [-0.39, 0.29) is 24.1 Å². The first kappa shape index (κ1) is 17.6. The van der Waals surface area contributed by atoms with Gasteiger partial charge in [-0.15, -0.1) is 25.6 Å². The highest BCUT2D eigenvalue weighted by Gasteiger charge is 2.47. The highest BCUT2D eigenvalue weighted by atomic mass is 35.5. The minimum Gasteiger partial charge on any atom is -0.406 e. The Morgan fingerprint density at radius 2 is 1.86 bits per heavy atom. The molecule has 21 heavy (non-hydrogen) atoms. The first-order chi connectivity index (χ1) is 9.20. The lowest BCUT2D eigenvalue weighted by Gasteiger charge is -2.21. The lowest BCUT2D eigenvalue weighted by atomic mass is 10.2. The standard InChI is InChI=1S/C13H15F3N2O2.ClH/c1-18(11(19)12(17)6-7-12)8-9-2-4-10(5-3-9)20-13(14,15)16;/h2-5H,6-8,17H2,1H3;1H. The molecule has 1 aromatic carbocycles. The third-order valence-electron chi connectivity index (χ3n) is 3.14. The summed E-state index contributed by atoms with van der Waals surface area (Å²) >= 11 is 0. The number of nitrogens with two attached hydrogens (primary N) is 1. The summed E-state index contributed by atoms with van der Waals surface area (Å²) in [5, 5.41) is 0. The molecule has 4 nitrogen and oxygen atoms in total. The first-order valence-corrected chi connectivity index (χ1v) is 6.09. The van der Waals surface area contributed by atoms with Crippen molar-refractivity contribution < 1.29 is 22.7 Å². The molecule has 0 heterocycles. The SMILES string of the molecule is CN(Cc1ccc(OC(F)(F)F)cc1)C(=O)C1(N)CC1.Cl. The minimum absolute atomic E-state index is 0. The Balaban J connectivity index is 0.00000220. The summed E-state index contributed by atoms with van der Waals surface area (Å²) in [6.07, 6.45) is -3.35. The van der Waals surface area contributed by atoms with Crippen molar-refractivity contribution in [1.82, 2.24) is 4.90 Å². The van der Waals surface area contributed by atoms with E-state index in [0.29, 0.717) is 24.9 Å². The van der Waals surface area contributed by atoms with Crippen LogP contribution in [0.2, 0.25) is 0 Å². The van der Waals surface area contributed by atoms with Crippen molar-refractivity contribution in [2.45, 2.75) is 31.3 Å². The van der Waals surface area contributed by atoms with E-state index in [0.717, 1.165) is 0 Å². The van der Waals surface area contributed by atoms with E-state index in [1.807, 2.05) is 0 Å². The van der Waals surface area contributed by atoms with E-state index >= 15 is 0 Å². The van der Waals surface area contributed by atoms with Gasteiger partial charge < -0.3 is 15.4 Å². The molecule has 0 aliphatic heterocycles. The number of hydrogen-bond donors (Lipinski definition) is 1. The molecule has 1 fully saturated rings. The maximum atomic E-state index is 12.0. The first-order valence-electron chi connectivity index (χ1n) is 6.09. The number of amides is 1. The average Bonchev–Trinajstić information content (AvgIpc) is 3.08. The Morgan fingerprint density at radius 3 is 2.29 bits per heavy atom. The van der Waals surface area contributed by atoms with Crippen LogP contribution in [0.25, 0.3) is 0 Å². The fourth-order valence-electron chi connectivity index (χ4n) is 1.87. The molecule has 0 radical (unpaired) electrons. The third-order valence-corrected chi connectivity index (χ3v) is 3.14. The maximum absolute atomic E-state index is 12.0. The van der Waals surface area contributed by atoms with Crippen molar-refractivity contribution in [2.75, 3.05) is 7.05 Å². The van der Waals surface area contributed by atoms with Gasteiger partial charge in [0.1, 0.15) is 5.75 Å². The zero-order valence-electron chi connectivity index (χ0n) is 11.3. The zero-order valence-corrected chi connectivity index (χ0v) is 12.1. The van der Waals surface area contributed by atoms with Gasteiger partial charge in [-0.25, -0.2) is 0 Å². The van der Waals surface area contributed by atoms with Crippen LogP contribution in [0, 0.1) is 0 Å². The van der Waals surface area contributed by atoms with Crippen molar-refractivity contribution in [3.05, 3.63) is 29.8 Å². The Hall–Kier alpha value is -1.47. The molecule has 0 spiro atoms. The molecule has 0 aromatic heterocycles. The van der Waals surface area contributed by atoms with E-state index in [2.05, 4.69) is 4.74 Å². The number of carbonyl (C=O) groups is 1. The highest BCUT2D eigenvalue weighted by Crippen LogP contribution is 2.34. The van der Waals surface area contributed by atoms with E-state index < -0.39 is 11.9 Å². The van der Waals surface area contributed by atoms with Gasteiger partial charge >= 0.3 is 6.36 Å². The summed E-state index contributed by atoms with van der Waals surface area (Å²) in [6, 6.07) is 5.41. The number of nitrogens with zero attached hydrogens (tertiary/aromatic N) is 1. The topological polar surface area (TPSA) is 55.6 Å². The molecule has 2 rings (SSSR count). The minimum atomic E-state index is -4.70. The molecule has 1 aliphatic carbocycles. The second-order valence-corrected chi connectivity index (χ2v) is 5.01. The summed E-state index contributed by atoms with van der Waals surface area (Å²) in [5.41, 5.74) is 5.77. The van der Waals surface area contributed by atoms with Crippen LogP contribution in [0.3, 0.4) is 0 Å². The fraction of sp³-hybridized carbons (Fsp3) is 0.462. The number of halogens is 4. The van der Waals surface area contributed by atoms with Gasteiger partial charge in [0.25, 0.3) is 0 Å². The van der Waals surface area contributed by atoms with E-state index in [1.54, 1.807) is 7.05 Å². The maximum Gasteiger partial charge on any atom is 0.573 e. The van der Waals surface area contributed by atoms with Gasteiger partial charge in [-0.3, -0.25) is 4.79 Å². The van der Waals surface area contributed by atoms with Crippen LogP contribution >= 0.6 is 12.4 Å². The molecular formula is C13H16ClF3N2O2. The van der Waals surface area contributed by atoms with E-state index in [4.69, 9.17) is 5.73 Å². The van der Waals surface area contributed by atoms with Gasteiger partial charge in [-0.1, -0.05) is 12.1 Å². The van der Waals surface area contributed by atoms with Crippen LogP contribution in [-0.2, 0) is 11.3 Å². The van der Waals surface area contributed by atoms with Crippen LogP contribution in [-0.4, -0.2) is 29.8 Å². The molecule has 8 heteroatoms. The largest absolute Gasteiger partial charge is 0.573 e. The molecule has 0 bridgehead atoms. The van der Waals surface area contributed by atoms with Crippen LogP contribution in [0.1, 0.15) is 18.4 Å². The molecule has 1 aliphatic rings. The van der Waals surface area contributed by atoms with Crippen molar-refractivity contribution in [1.29, 1.82) is 0 Å². The Morgan fingerprint density at radius 1 is 1.33 bits per heavy atom. The van der Waals surface area contributed by atoms with Crippen molar-refractivity contribution in [3.8, 4) is 5.75 Å². The number of benzene rings is 1. The van der Waals surface area contributed by atoms with Gasteiger partial charge in [-0.05, 0) is 30.5 Å². The fourth-order valence-corrected chi connectivity index (χ4v) is 1.87. The monoisotopic (exact) mass is 324 g/mol. The van der Waals surface area contributed by atoms with Crippen molar-refractivity contribution >= 4 is 18.3 Å². The van der Waals surface area contributed by atoms with E-state index in [9.17, 15) is 18.0 Å².